The Balaban J connectivity index is 1.48. The molecule has 30 heavy (non-hydrogen) atoms. The van der Waals surface area contributed by atoms with Crippen LogP contribution < -0.4 is 5.32 Å². The quantitative estimate of drug-likeness (QED) is 0.289. The molecule has 3 aromatic carbocycles. The summed E-state index contributed by atoms with van der Waals surface area (Å²) in [5.41, 5.74) is 6.33. The van der Waals surface area contributed by atoms with Crippen molar-refractivity contribution >= 4 is 11.7 Å². The summed E-state index contributed by atoms with van der Waals surface area (Å²) in [6, 6.07) is 26.6. The minimum Gasteiger partial charge on any atom is -0.481 e. The molecule has 3 rings (SSSR count). The summed E-state index contributed by atoms with van der Waals surface area (Å²) in [6.45, 7) is 3.42. The van der Waals surface area contributed by atoms with Gasteiger partial charge in [0.15, 0.2) is 0 Å². The number of nitrogens with zero attached hydrogens (tertiary/aromatic N) is 1. The molecule has 0 aliphatic rings. The van der Waals surface area contributed by atoms with Crippen molar-refractivity contribution < 1.29 is 14.7 Å². The molecule has 0 spiro atoms. The SMILES string of the molecule is C/C(=N\OCc1ccc(-c2ccccc2)cc1)c1ccc(CNCCC(=O)O)cc1. The van der Waals surface area contributed by atoms with E-state index in [0.717, 1.165) is 22.4 Å². The van der Waals surface area contributed by atoms with Gasteiger partial charge in [-0.1, -0.05) is 84.0 Å². The molecule has 0 aliphatic heterocycles. The highest BCUT2D eigenvalue weighted by molar-refractivity contribution is 5.98. The van der Waals surface area contributed by atoms with E-state index in [1.54, 1.807) is 0 Å². The van der Waals surface area contributed by atoms with Gasteiger partial charge in [0.05, 0.1) is 12.1 Å². The summed E-state index contributed by atoms with van der Waals surface area (Å²) in [6.07, 6.45) is 0.121. The summed E-state index contributed by atoms with van der Waals surface area (Å²) in [7, 11) is 0. The highest BCUT2D eigenvalue weighted by atomic mass is 16.6. The Bertz CT molecular complexity index is 966. The summed E-state index contributed by atoms with van der Waals surface area (Å²) in [5, 5.41) is 16.0. The van der Waals surface area contributed by atoms with Gasteiger partial charge in [-0.15, -0.1) is 0 Å². The monoisotopic (exact) mass is 402 g/mol. The third-order valence-electron chi connectivity index (χ3n) is 4.71. The molecule has 0 aromatic heterocycles. The Hall–Kier alpha value is -3.44. The number of carbonyl (C=O) groups is 1. The van der Waals surface area contributed by atoms with Crippen molar-refractivity contribution in [1.82, 2.24) is 5.32 Å². The number of hydrogen-bond acceptors (Lipinski definition) is 4. The molecule has 154 valence electrons. The molecule has 0 fully saturated rings. The largest absolute Gasteiger partial charge is 0.481 e. The number of hydrogen-bond donors (Lipinski definition) is 2. The molecule has 0 bridgehead atoms. The van der Waals surface area contributed by atoms with Gasteiger partial charge >= 0.3 is 5.97 Å². The van der Waals surface area contributed by atoms with Crippen LogP contribution in [0.5, 0.6) is 0 Å². The summed E-state index contributed by atoms with van der Waals surface area (Å²) >= 11 is 0. The van der Waals surface area contributed by atoms with Crippen LogP contribution in [0, 0.1) is 0 Å². The van der Waals surface area contributed by atoms with Gasteiger partial charge in [-0.05, 0) is 34.7 Å². The molecule has 0 amide bonds. The zero-order chi connectivity index (χ0) is 21.2. The smallest absolute Gasteiger partial charge is 0.304 e. The first kappa shape index (κ1) is 21.3. The average Bonchev–Trinajstić information content (AvgIpc) is 2.78. The van der Waals surface area contributed by atoms with Crippen molar-refractivity contribution in [2.45, 2.75) is 26.5 Å². The van der Waals surface area contributed by atoms with E-state index in [0.29, 0.717) is 19.7 Å². The Morgan fingerprint density at radius 3 is 2.20 bits per heavy atom. The van der Waals surface area contributed by atoms with Crippen LogP contribution >= 0.6 is 0 Å². The minimum absolute atomic E-state index is 0.121. The molecule has 0 heterocycles. The maximum absolute atomic E-state index is 10.5. The normalized spacial score (nSPS) is 11.3. The van der Waals surface area contributed by atoms with Crippen LogP contribution in [0.25, 0.3) is 11.1 Å². The van der Waals surface area contributed by atoms with E-state index < -0.39 is 5.97 Å². The number of carboxylic acid groups (broad SMARTS) is 1. The van der Waals surface area contributed by atoms with Crippen LogP contribution in [0.1, 0.15) is 30.0 Å². The molecule has 3 aromatic rings. The molecule has 0 radical (unpaired) electrons. The van der Waals surface area contributed by atoms with E-state index in [2.05, 4.69) is 46.9 Å². The van der Waals surface area contributed by atoms with Crippen molar-refractivity contribution in [2.75, 3.05) is 6.54 Å². The van der Waals surface area contributed by atoms with Crippen molar-refractivity contribution in [3.05, 3.63) is 95.6 Å². The first-order valence-electron chi connectivity index (χ1n) is 9.94. The lowest BCUT2D eigenvalue weighted by atomic mass is 10.0. The summed E-state index contributed by atoms with van der Waals surface area (Å²) in [4.78, 5) is 16.0. The fourth-order valence-electron chi connectivity index (χ4n) is 2.97. The van der Waals surface area contributed by atoms with Crippen LogP contribution in [-0.2, 0) is 22.8 Å². The molecule has 0 saturated carbocycles. The predicted molar refractivity (Wildman–Crippen MR) is 119 cm³/mol. The van der Waals surface area contributed by atoms with Crippen LogP contribution in [0.4, 0.5) is 0 Å². The van der Waals surface area contributed by atoms with Crippen LogP contribution in [0.3, 0.4) is 0 Å². The molecule has 0 unspecified atom stereocenters. The highest BCUT2D eigenvalue weighted by Gasteiger charge is 2.02. The van der Waals surface area contributed by atoms with Crippen molar-refractivity contribution in [3.63, 3.8) is 0 Å². The molecule has 2 N–H and O–H groups in total. The average molecular weight is 402 g/mol. The lowest BCUT2D eigenvalue weighted by Crippen LogP contribution is -2.17. The van der Waals surface area contributed by atoms with Gasteiger partial charge in [-0.2, -0.15) is 0 Å². The van der Waals surface area contributed by atoms with Gasteiger partial charge < -0.3 is 15.3 Å². The fourth-order valence-corrected chi connectivity index (χ4v) is 2.97. The van der Waals surface area contributed by atoms with E-state index in [1.807, 2.05) is 49.4 Å². The number of carboxylic acids is 1. The van der Waals surface area contributed by atoms with Crippen molar-refractivity contribution in [3.8, 4) is 11.1 Å². The molecule has 5 nitrogen and oxygen atoms in total. The van der Waals surface area contributed by atoms with Gasteiger partial charge in [-0.25, -0.2) is 0 Å². The van der Waals surface area contributed by atoms with Gasteiger partial charge in [0.1, 0.15) is 6.61 Å². The van der Waals surface area contributed by atoms with Crippen LogP contribution in [0.2, 0.25) is 0 Å². The molecule has 5 heteroatoms. The Morgan fingerprint density at radius 1 is 0.900 bits per heavy atom. The maximum Gasteiger partial charge on any atom is 0.304 e. The molecule has 0 atom stereocenters. The van der Waals surface area contributed by atoms with E-state index in [1.165, 1.54) is 11.1 Å². The first-order valence-corrected chi connectivity index (χ1v) is 9.94. The standard InChI is InChI=1S/C25H26N2O3/c1-19(22-11-7-20(8-12-22)17-26-16-15-25(28)29)27-30-18-21-9-13-24(14-10-21)23-5-3-2-4-6-23/h2-14,26H,15-18H2,1H3,(H,28,29)/b27-19+. The van der Waals surface area contributed by atoms with Gasteiger partial charge in [-0.3, -0.25) is 4.79 Å². The Labute approximate surface area is 177 Å². The number of benzene rings is 3. The fraction of sp³-hybridized carbons (Fsp3) is 0.200. The second kappa shape index (κ2) is 10.9. The predicted octanol–water partition coefficient (Wildman–Crippen LogP) is 4.86. The molecular weight excluding hydrogens is 376 g/mol. The third-order valence-corrected chi connectivity index (χ3v) is 4.71. The number of nitrogens with one attached hydrogen (secondary N) is 1. The maximum atomic E-state index is 10.5. The van der Waals surface area contributed by atoms with Crippen LogP contribution in [-0.4, -0.2) is 23.3 Å². The molecule has 0 aliphatic carbocycles. The topological polar surface area (TPSA) is 70.9 Å². The van der Waals surface area contributed by atoms with E-state index in [9.17, 15) is 4.79 Å². The number of aliphatic carboxylic acids is 1. The first-order chi connectivity index (χ1) is 14.6. The van der Waals surface area contributed by atoms with Gasteiger partial charge in [0.25, 0.3) is 0 Å². The molecular formula is C25H26N2O3. The Kier molecular flexibility index (Phi) is 7.75. The van der Waals surface area contributed by atoms with E-state index >= 15 is 0 Å². The van der Waals surface area contributed by atoms with Gasteiger partial charge in [0, 0.05) is 13.1 Å². The number of rotatable bonds is 10. The Morgan fingerprint density at radius 2 is 1.53 bits per heavy atom. The summed E-state index contributed by atoms with van der Waals surface area (Å²) < 4.78 is 0. The van der Waals surface area contributed by atoms with Crippen molar-refractivity contribution in [2.24, 2.45) is 5.16 Å². The third kappa shape index (κ3) is 6.57. The van der Waals surface area contributed by atoms with Crippen LogP contribution in [0.15, 0.2) is 84.0 Å². The minimum atomic E-state index is -0.795. The summed E-state index contributed by atoms with van der Waals surface area (Å²) in [5.74, 6) is -0.795. The zero-order valence-corrected chi connectivity index (χ0v) is 17.0. The number of oxime groups is 1. The molecule has 0 saturated heterocycles. The van der Waals surface area contributed by atoms with Gasteiger partial charge in [0.2, 0.25) is 0 Å². The lowest BCUT2D eigenvalue weighted by Gasteiger charge is -2.06. The highest BCUT2D eigenvalue weighted by Crippen LogP contribution is 2.19. The second-order valence-corrected chi connectivity index (χ2v) is 7.03. The lowest BCUT2D eigenvalue weighted by molar-refractivity contribution is -0.136. The van der Waals surface area contributed by atoms with Crippen molar-refractivity contribution in [1.29, 1.82) is 0 Å². The van der Waals surface area contributed by atoms with E-state index in [4.69, 9.17) is 9.94 Å². The zero-order valence-electron chi connectivity index (χ0n) is 17.0. The van der Waals surface area contributed by atoms with E-state index in [-0.39, 0.29) is 6.42 Å². The second-order valence-electron chi connectivity index (χ2n) is 7.03.